The van der Waals surface area contributed by atoms with E-state index in [0.29, 0.717) is 10.3 Å². The van der Waals surface area contributed by atoms with Crippen LogP contribution in [-0.2, 0) is 0 Å². The largest absolute Gasteiger partial charge is 0.478 e. The van der Waals surface area contributed by atoms with Gasteiger partial charge in [-0.1, -0.05) is 40.2 Å². The number of aromatic carboxylic acids is 1. The zero-order valence-electron chi connectivity index (χ0n) is 7.57. The molecule has 76 valence electrons. The summed E-state index contributed by atoms with van der Waals surface area (Å²) in [5.74, 6) is -0.955. The highest BCUT2D eigenvalue weighted by Gasteiger charge is 2.14. The van der Waals surface area contributed by atoms with E-state index in [2.05, 4.69) is 28.6 Å². The van der Waals surface area contributed by atoms with Crippen molar-refractivity contribution in [2.75, 3.05) is 0 Å². The third-order valence-corrected chi connectivity index (χ3v) is 3.20. The number of fused-ring (bicyclic) bond motifs is 1. The summed E-state index contributed by atoms with van der Waals surface area (Å²) in [6.07, 6.45) is 0. The summed E-state index contributed by atoms with van der Waals surface area (Å²) in [6, 6.07) is 9.04. The second kappa shape index (κ2) is 3.87. The van der Waals surface area contributed by atoms with Crippen molar-refractivity contribution in [3.8, 4) is 0 Å². The van der Waals surface area contributed by atoms with E-state index >= 15 is 0 Å². The van der Waals surface area contributed by atoms with Gasteiger partial charge in [0.1, 0.15) is 0 Å². The molecular formula is C11H7BrO2S. The number of carboxylic acids is 1. The standard InChI is InChI=1S/C11H7BrO2S/c12-8-5-9(15)10(11(13)14)7-4-2-1-3-6(7)8/h1-5,15H,(H,13,14). The molecule has 0 bridgehead atoms. The number of carboxylic acid groups (broad SMARTS) is 1. The van der Waals surface area contributed by atoms with E-state index in [1.807, 2.05) is 18.2 Å². The Morgan fingerprint density at radius 2 is 1.87 bits per heavy atom. The van der Waals surface area contributed by atoms with Crippen LogP contribution in [-0.4, -0.2) is 11.1 Å². The minimum atomic E-state index is -0.955. The first-order valence-corrected chi connectivity index (χ1v) is 5.49. The van der Waals surface area contributed by atoms with Crippen molar-refractivity contribution in [2.24, 2.45) is 0 Å². The Balaban J connectivity index is 2.96. The predicted octanol–water partition coefficient (Wildman–Crippen LogP) is 3.59. The Bertz CT molecular complexity index is 552. The lowest BCUT2D eigenvalue weighted by Gasteiger charge is -2.07. The molecule has 0 spiro atoms. The van der Waals surface area contributed by atoms with E-state index in [-0.39, 0.29) is 5.56 Å². The monoisotopic (exact) mass is 282 g/mol. The number of rotatable bonds is 1. The second-order valence-electron chi connectivity index (χ2n) is 3.10. The lowest BCUT2D eigenvalue weighted by atomic mass is 10.0. The molecular weight excluding hydrogens is 276 g/mol. The highest BCUT2D eigenvalue weighted by Crippen LogP contribution is 2.31. The molecule has 2 aromatic carbocycles. The SMILES string of the molecule is O=C(O)c1c(S)cc(Br)c2ccccc12. The van der Waals surface area contributed by atoms with E-state index in [0.717, 1.165) is 9.86 Å². The van der Waals surface area contributed by atoms with Crippen molar-refractivity contribution in [1.29, 1.82) is 0 Å². The molecule has 2 rings (SSSR count). The molecule has 0 amide bonds. The van der Waals surface area contributed by atoms with Gasteiger partial charge in [0.15, 0.2) is 0 Å². The molecule has 0 aliphatic heterocycles. The minimum absolute atomic E-state index is 0.247. The van der Waals surface area contributed by atoms with Crippen LogP contribution in [0.25, 0.3) is 10.8 Å². The van der Waals surface area contributed by atoms with E-state index in [1.54, 1.807) is 12.1 Å². The van der Waals surface area contributed by atoms with E-state index < -0.39 is 5.97 Å². The number of benzene rings is 2. The van der Waals surface area contributed by atoms with Crippen LogP contribution in [0.15, 0.2) is 39.7 Å². The molecule has 0 saturated carbocycles. The number of halogens is 1. The highest BCUT2D eigenvalue weighted by molar-refractivity contribution is 9.10. The summed E-state index contributed by atoms with van der Waals surface area (Å²) in [6.45, 7) is 0. The molecule has 0 radical (unpaired) electrons. The molecule has 2 aromatic rings. The fourth-order valence-corrected chi connectivity index (χ4v) is 2.64. The molecule has 0 unspecified atom stereocenters. The molecule has 0 aromatic heterocycles. The fraction of sp³-hybridized carbons (Fsp3) is 0. The number of thiol groups is 1. The average molecular weight is 283 g/mol. The smallest absolute Gasteiger partial charge is 0.337 e. The molecule has 2 nitrogen and oxygen atoms in total. The third-order valence-electron chi connectivity index (χ3n) is 2.19. The zero-order valence-corrected chi connectivity index (χ0v) is 10.0. The van der Waals surface area contributed by atoms with Gasteiger partial charge in [0, 0.05) is 9.37 Å². The summed E-state index contributed by atoms with van der Waals surface area (Å²) in [4.78, 5) is 11.5. The van der Waals surface area contributed by atoms with Crippen LogP contribution in [0, 0.1) is 0 Å². The molecule has 0 atom stereocenters. The summed E-state index contributed by atoms with van der Waals surface area (Å²) >= 11 is 7.56. The van der Waals surface area contributed by atoms with Crippen LogP contribution in [0.4, 0.5) is 0 Å². The van der Waals surface area contributed by atoms with Crippen LogP contribution < -0.4 is 0 Å². The molecule has 15 heavy (non-hydrogen) atoms. The Hall–Kier alpha value is -1.00. The normalized spacial score (nSPS) is 10.5. The Kier molecular flexibility index (Phi) is 2.71. The van der Waals surface area contributed by atoms with Crippen LogP contribution in [0.3, 0.4) is 0 Å². The van der Waals surface area contributed by atoms with Gasteiger partial charge in [-0.25, -0.2) is 4.79 Å². The molecule has 0 fully saturated rings. The van der Waals surface area contributed by atoms with Crippen molar-refractivity contribution in [2.45, 2.75) is 4.90 Å². The Morgan fingerprint density at radius 1 is 1.27 bits per heavy atom. The maximum Gasteiger partial charge on any atom is 0.337 e. The number of carbonyl (C=O) groups is 1. The predicted molar refractivity (Wildman–Crippen MR) is 65.9 cm³/mol. The van der Waals surface area contributed by atoms with E-state index in [9.17, 15) is 4.79 Å². The van der Waals surface area contributed by atoms with Crippen LogP contribution in [0.1, 0.15) is 10.4 Å². The summed E-state index contributed by atoms with van der Waals surface area (Å²) < 4.78 is 0.855. The van der Waals surface area contributed by atoms with Crippen molar-refractivity contribution in [3.63, 3.8) is 0 Å². The lowest BCUT2D eigenvalue weighted by molar-refractivity contribution is 0.0695. The first kappa shape index (κ1) is 10.5. The first-order chi connectivity index (χ1) is 7.11. The van der Waals surface area contributed by atoms with Crippen LogP contribution >= 0.6 is 28.6 Å². The molecule has 0 heterocycles. The second-order valence-corrected chi connectivity index (χ2v) is 4.44. The lowest BCUT2D eigenvalue weighted by Crippen LogP contribution is -1.99. The maximum atomic E-state index is 11.1. The van der Waals surface area contributed by atoms with E-state index in [1.165, 1.54) is 0 Å². The number of hydrogen-bond donors (Lipinski definition) is 2. The Labute approximate surface area is 100 Å². The van der Waals surface area contributed by atoms with Crippen molar-refractivity contribution in [1.82, 2.24) is 0 Å². The van der Waals surface area contributed by atoms with Crippen molar-refractivity contribution >= 4 is 45.3 Å². The van der Waals surface area contributed by atoms with Crippen LogP contribution in [0.5, 0.6) is 0 Å². The van der Waals surface area contributed by atoms with Crippen LogP contribution in [0.2, 0.25) is 0 Å². The van der Waals surface area contributed by atoms with Gasteiger partial charge in [-0.05, 0) is 16.8 Å². The molecule has 0 aliphatic rings. The molecule has 4 heteroatoms. The first-order valence-electron chi connectivity index (χ1n) is 4.25. The number of hydrogen-bond acceptors (Lipinski definition) is 2. The van der Waals surface area contributed by atoms with Gasteiger partial charge in [-0.3, -0.25) is 0 Å². The topological polar surface area (TPSA) is 37.3 Å². The summed E-state index contributed by atoms with van der Waals surface area (Å²) in [7, 11) is 0. The van der Waals surface area contributed by atoms with Gasteiger partial charge in [-0.2, -0.15) is 0 Å². The van der Waals surface area contributed by atoms with E-state index in [4.69, 9.17) is 5.11 Å². The van der Waals surface area contributed by atoms with Crippen molar-refractivity contribution in [3.05, 3.63) is 40.4 Å². The molecule has 0 aliphatic carbocycles. The fourth-order valence-electron chi connectivity index (χ4n) is 1.54. The van der Waals surface area contributed by atoms with Crippen molar-refractivity contribution < 1.29 is 9.90 Å². The quantitative estimate of drug-likeness (QED) is 0.785. The summed E-state index contributed by atoms with van der Waals surface area (Å²) in [5, 5.41) is 10.7. The van der Waals surface area contributed by atoms with Gasteiger partial charge in [0.25, 0.3) is 0 Å². The Morgan fingerprint density at radius 3 is 2.47 bits per heavy atom. The van der Waals surface area contributed by atoms with Gasteiger partial charge >= 0.3 is 5.97 Å². The molecule has 0 saturated heterocycles. The zero-order chi connectivity index (χ0) is 11.0. The van der Waals surface area contributed by atoms with Gasteiger partial charge in [0.05, 0.1) is 5.56 Å². The molecule has 1 N–H and O–H groups in total. The maximum absolute atomic E-state index is 11.1. The van der Waals surface area contributed by atoms with Gasteiger partial charge < -0.3 is 5.11 Å². The minimum Gasteiger partial charge on any atom is -0.478 e. The van der Waals surface area contributed by atoms with Gasteiger partial charge in [0.2, 0.25) is 0 Å². The summed E-state index contributed by atoms with van der Waals surface area (Å²) in [5.41, 5.74) is 0.247. The van der Waals surface area contributed by atoms with Gasteiger partial charge in [-0.15, -0.1) is 12.6 Å². The highest BCUT2D eigenvalue weighted by atomic mass is 79.9. The average Bonchev–Trinajstić information content (AvgIpc) is 2.17. The third kappa shape index (κ3) is 1.75.